The zero-order valence-corrected chi connectivity index (χ0v) is 15.1. The van der Waals surface area contributed by atoms with Gasteiger partial charge in [-0.1, -0.05) is 36.3 Å². The monoisotopic (exact) mass is 370 g/mol. The number of carbonyl (C=O) groups is 1. The maximum Gasteiger partial charge on any atom is 0.270 e. The van der Waals surface area contributed by atoms with E-state index in [4.69, 9.17) is 0 Å². The van der Waals surface area contributed by atoms with Crippen molar-refractivity contribution in [3.8, 4) is 11.3 Å². The number of benzene rings is 1. The number of rotatable bonds is 4. The van der Waals surface area contributed by atoms with Crippen LogP contribution in [0.15, 0.2) is 30.5 Å². The SMILES string of the molecule is Cc1c(C(=O)NC2CCCC2)sc2nc(-c3cccc([N+](=O)[O-])c3)cn12. The van der Waals surface area contributed by atoms with E-state index < -0.39 is 4.92 Å². The molecule has 7 nitrogen and oxygen atoms in total. The zero-order chi connectivity index (χ0) is 18.3. The van der Waals surface area contributed by atoms with Gasteiger partial charge >= 0.3 is 0 Å². The lowest BCUT2D eigenvalue weighted by Gasteiger charge is -2.10. The van der Waals surface area contributed by atoms with Crippen molar-refractivity contribution in [2.24, 2.45) is 0 Å². The number of hydrogen-bond donors (Lipinski definition) is 1. The molecule has 0 radical (unpaired) electrons. The number of thiazole rings is 1. The van der Waals surface area contributed by atoms with Gasteiger partial charge in [-0.3, -0.25) is 19.3 Å². The number of nitrogens with one attached hydrogen (secondary N) is 1. The quantitative estimate of drug-likeness (QED) is 0.556. The molecule has 0 unspecified atom stereocenters. The summed E-state index contributed by atoms with van der Waals surface area (Å²) in [6, 6.07) is 6.68. The Bertz CT molecular complexity index is 1000. The molecule has 1 aliphatic rings. The van der Waals surface area contributed by atoms with E-state index in [0.29, 0.717) is 21.1 Å². The second-order valence-corrected chi connectivity index (χ2v) is 7.54. The number of nitro groups is 1. The fourth-order valence-electron chi connectivity index (χ4n) is 3.40. The Morgan fingerprint density at radius 1 is 1.38 bits per heavy atom. The second-order valence-electron chi connectivity index (χ2n) is 6.56. The average molecular weight is 370 g/mol. The van der Waals surface area contributed by atoms with Gasteiger partial charge in [0, 0.05) is 35.6 Å². The maximum absolute atomic E-state index is 12.5. The summed E-state index contributed by atoms with van der Waals surface area (Å²) in [5.74, 6) is -0.0400. The first-order valence-corrected chi connectivity index (χ1v) is 9.39. The van der Waals surface area contributed by atoms with E-state index in [9.17, 15) is 14.9 Å². The molecule has 0 atom stereocenters. The lowest BCUT2D eigenvalue weighted by Crippen LogP contribution is -2.32. The third kappa shape index (κ3) is 2.96. The Kier molecular flexibility index (Phi) is 4.20. The van der Waals surface area contributed by atoms with Crippen molar-refractivity contribution in [1.82, 2.24) is 14.7 Å². The summed E-state index contributed by atoms with van der Waals surface area (Å²) in [6.07, 6.45) is 6.26. The van der Waals surface area contributed by atoms with Crippen molar-refractivity contribution in [3.05, 3.63) is 51.1 Å². The van der Waals surface area contributed by atoms with Crippen LogP contribution in [-0.4, -0.2) is 26.3 Å². The Hall–Kier alpha value is -2.74. The van der Waals surface area contributed by atoms with E-state index in [1.54, 1.807) is 12.1 Å². The van der Waals surface area contributed by atoms with E-state index in [0.717, 1.165) is 18.5 Å². The fraction of sp³-hybridized carbons (Fsp3) is 0.333. The van der Waals surface area contributed by atoms with Crippen molar-refractivity contribution < 1.29 is 9.72 Å². The number of non-ortho nitro benzene ring substituents is 1. The molecule has 1 aliphatic carbocycles. The summed E-state index contributed by atoms with van der Waals surface area (Å²) >= 11 is 1.35. The molecular formula is C18H18N4O3S. The predicted octanol–water partition coefficient (Wildman–Crippen LogP) is 3.95. The van der Waals surface area contributed by atoms with E-state index in [-0.39, 0.29) is 17.6 Å². The fourth-order valence-corrected chi connectivity index (χ4v) is 4.41. The number of hydrogen-bond acceptors (Lipinski definition) is 5. The van der Waals surface area contributed by atoms with Crippen LogP contribution in [0, 0.1) is 17.0 Å². The number of fused-ring (bicyclic) bond motifs is 1. The molecule has 4 rings (SSSR count). The van der Waals surface area contributed by atoms with Gasteiger partial charge in [0.2, 0.25) is 0 Å². The molecule has 3 aromatic rings. The first-order chi connectivity index (χ1) is 12.5. The Balaban J connectivity index is 1.64. The Labute approximate surface area is 153 Å². The van der Waals surface area contributed by atoms with Gasteiger partial charge in [-0.15, -0.1) is 0 Å². The highest BCUT2D eigenvalue weighted by Gasteiger charge is 2.22. The van der Waals surface area contributed by atoms with Crippen LogP contribution in [0.2, 0.25) is 0 Å². The Morgan fingerprint density at radius 2 is 2.15 bits per heavy atom. The predicted molar refractivity (Wildman–Crippen MR) is 99.6 cm³/mol. The molecule has 2 heterocycles. The summed E-state index contributed by atoms with van der Waals surface area (Å²) in [5, 5.41) is 14.1. The first-order valence-electron chi connectivity index (χ1n) is 8.57. The van der Waals surface area contributed by atoms with Crippen LogP contribution in [0.25, 0.3) is 16.2 Å². The molecular weight excluding hydrogens is 352 g/mol. The van der Waals surface area contributed by atoms with E-state index in [1.807, 2.05) is 17.5 Å². The molecule has 0 saturated heterocycles. The zero-order valence-electron chi connectivity index (χ0n) is 14.3. The molecule has 26 heavy (non-hydrogen) atoms. The standard InChI is InChI=1S/C18H18N4O3S/c1-11-16(17(23)19-13-6-2-3-7-13)26-18-20-15(10-21(11)18)12-5-4-8-14(9-12)22(24)25/h4-5,8-10,13H,2-3,6-7H2,1H3,(H,19,23). The molecule has 134 valence electrons. The topological polar surface area (TPSA) is 89.5 Å². The number of carbonyl (C=O) groups excluding carboxylic acids is 1. The van der Waals surface area contributed by atoms with Crippen LogP contribution < -0.4 is 5.32 Å². The summed E-state index contributed by atoms with van der Waals surface area (Å²) in [5.41, 5.74) is 2.22. The van der Waals surface area contributed by atoms with Crippen LogP contribution in [0.5, 0.6) is 0 Å². The maximum atomic E-state index is 12.5. The molecule has 1 amide bonds. The summed E-state index contributed by atoms with van der Waals surface area (Å²) < 4.78 is 1.88. The minimum atomic E-state index is -0.418. The van der Waals surface area contributed by atoms with Gasteiger partial charge in [0.05, 0.1) is 10.6 Å². The third-order valence-corrected chi connectivity index (χ3v) is 5.96. The van der Waals surface area contributed by atoms with Gasteiger partial charge in [-0.2, -0.15) is 0 Å². The Morgan fingerprint density at radius 3 is 2.85 bits per heavy atom. The normalized spacial score (nSPS) is 14.8. The lowest BCUT2D eigenvalue weighted by atomic mass is 10.1. The lowest BCUT2D eigenvalue weighted by molar-refractivity contribution is -0.384. The average Bonchev–Trinajstić information content (AvgIpc) is 3.33. The summed E-state index contributed by atoms with van der Waals surface area (Å²) in [6.45, 7) is 1.89. The van der Waals surface area contributed by atoms with E-state index >= 15 is 0 Å². The second kappa shape index (κ2) is 6.53. The summed E-state index contributed by atoms with van der Waals surface area (Å²) in [7, 11) is 0. The smallest absolute Gasteiger partial charge is 0.270 e. The van der Waals surface area contributed by atoms with E-state index in [1.165, 1.54) is 36.3 Å². The molecule has 0 aliphatic heterocycles. The highest BCUT2D eigenvalue weighted by Crippen LogP contribution is 2.29. The van der Waals surface area contributed by atoms with Crippen LogP contribution in [0.4, 0.5) is 5.69 Å². The molecule has 0 bridgehead atoms. The minimum absolute atomic E-state index is 0.0345. The third-order valence-electron chi connectivity index (χ3n) is 4.81. The van der Waals surface area contributed by atoms with Crippen molar-refractivity contribution >= 4 is 27.9 Å². The van der Waals surface area contributed by atoms with Crippen LogP contribution in [0.3, 0.4) is 0 Å². The molecule has 1 fully saturated rings. The van der Waals surface area contributed by atoms with Crippen molar-refractivity contribution in [2.75, 3.05) is 0 Å². The van der Waals surface area contributed by atoms with Crippen LogP contribution >= 0.6 is 11.3 Å². The number of amides is 1. The van der Waals surface area contributed by atoms with Gasteiger partial charge in [0.25, 0.3) is 11.6 Å². The van der Waals surface area contributed by atoms with Crippen molar-refractivity contribution in [3.63, 3.8) is 0 Å². The molecule has 8 heteroatoms. The van der Waals surface area contributed by atoms with Crippen molar-refractivity contribution in [1.29, 1.82) is 0 Å². The van der Waals surface area contributed by atoms with Crippen LogP contribution in [0.1, 0.15) is 41.0 Å². The molecule has 0 spiro atoms. The highest BCUT2D eigenvalue weighted by atomic mass is 32.1. The molecule has 2 aromatic heterocycles. The van der Waals surface area contributed by atoms with Gasteiger partial charge in [-0.25, -0.2) is 4.98 Å². The highest BCUT2D eigenvalue weighted by molar-refractivity contribution is 7.19. The largest absolute Gasteiger partial charge is 0.349 e. The van der Waals surface area contributed by atoms with Crippen molar-refractivity contribution in [2.45, 2.75) is 38.6 Å². The van der Waals surface area contributed by atoms with Gasteiger partial charge in [0.1, 0.15) is 4.88 Å². The molecule has 1 saturated carbocycles. The first kappa shape index (κ1) is 16.7. The van der Waals surface area contributed by atoms with Gasteiger partial charge in [-0.05, 0) is 19.8 Å². The number of imidazole rings is 1. The molecule has 1 aromatic carbocycles. The summed E-state index contributed by atoms with van der Waals surface area (Å²) in [4.78, 5) is 29.0. The number of aryl methyl sites for hydroxylation is 1. The number of aromatic nitrogens is 2. The van der Waals surface area contributed by atoms with Gasteiger partial charge in [0.15, 0.2) is 4.96 Å². The number of nitrogens with zero attached hydrogens (tertiary/aromatic N) is 3. The minimum Gasteiger partial charge on any atom is -0.349 e. The van der Waals surface area contributed by atoms with E-state index in [2.05, 4.69) is 10.3 Å². The molecule has 1 N–H and O–H groups in total. The number of nitro benzene ring substituents is 1. The van der Waals surface area contributed by atoms with Gasteiger partial charge < -0.3 is 5.32 Å². The van der Waals surface area contributed by atoms with Crippen LogP contribution in [-0.2, 0) is 0 Å².